The van der Waals surface area contributed by atoms with E-state index in [1.807, 2.05) is 6.07 Å². The van der Waals surface area contributed by atoms with Gasteiger partial charge in [0.05, 0.1) is 6.54 Å². The van der Waals surface area contributed by atoms with Gasteiger partial charge in [-0.2, -0.15) is 5.26 Å². The molecule has 0 unspecified atom stereocenters. The predicted octanol–water partition coefficient (Wildman–Crippen LogP) is 1.65. The molecule has 0 atom stereocenters. The Balaban J connectivity index is 2.33. The fraction of sp³-hybridized carbons (Fsp3) is 0.583. The highest BCUT2D eigenvalue weighted by atomic mass is 16.3. The van der Waals surface area contributed by atoms with Gasteiger partial charge in [0.15, 0.2) is 0 Å². The van der Waals surface area contributed by atoms with Crippen LogP contribution >= 0.6 is 0 Å². The molecule has 0 aliphatic carbocycles. The minimum Gasteiger partial charge on any atom is -0.449 e. The minimum atomic E-state index is 0.0689. The summed E-state index contributed by atoms with van der Waals surface area (Å²) in [5.74, 6) is 1.10. The zero-order valence-corrected chi connectivity index (χ0v) is 9.79. The van der Waals surface area contributed by atoms with Crippen molar-refractivity contribution in [3.63, 3.8) is 0 Å². The number of hydrogen-bond acceptors (Lipinski definition) is 4. The first kappa shape index (κ1) is 12.8. The monoisotopic (exact) mass is 222 g/mol. The summed E-state index contributed by atoms with van der Waals surface area (Å²) in [6.45, 7) is 5.80. The van der Waals surface area contributed by atoms with Gasteiger partial charge in [-0.1, -0.05) is 13.8 Å². The number of nitrogens with one attached hydrogen (secondary N) is 1. The van der Waals surface area contributed by atoms with Crippen LogP contribution in [0.5, 0.6) is 0 Å². The number of hydrogen-bond donors (Lipinski definition) is 2. The minimum absolute atomic E-state index is 0.0689. The Morgan fingerprint density at radius 3 is 2.81 bits per heavy atom. The molecule has 0 fully saturated rings. The van der Waals surface area contributed by atoms with Gasteiger partial charge in [0.2, 0.25) is 5.76 Å². The molecule has 88 valence electrons. The van der Waals surface area contributed by atoms with E-state index in [0.29, 0.717) is 12.3 Å². The normalized spacial score (nSPS) is 11.4. The van der Waals surface area contributed by atoms with E-state index < -0.39 is 0 Å². The van der Waals surface area contributed by atoms with E-state index in [0.717, 1.165) is 18.7 Å². The number of nitrogens with zero attached hydrogens (tertiary/aromatic N) is 1. The molecule has 16 heavy (non-hydrogen) atoms. The summed E-state index contributed by atoms with van der Waals surface area (Å²) in [7, 11) is 0. The van der Waals surface area contributed by atoms with Crippen molar-refractivity contribution in [3.05, 3.63) is 23.7 Å². The smallest absolute Gasteiger partial charge is 0.203 e. The second kappa shape index (κ2) is 5.69. The van der Waals surface area contributed by atoms with E-state index in [4.69, 9.17) is 14.8 Å². The average molecular weight is 222 g/mol. The molecule has 0 spiro atoms. The van der Waals surface area contributed by atoms with Gasteiger partial charge in [0, 0.05) is 13.2 Å². The number of aliphatic hydroxyl groups excluding tert-OH is 1. The number of nitriles is 1. The summed E-state index contributed by atoms with van der Waals surface area (Å²) >= 11 is 0. The summed E-state index contributed by atoms with van der Waals surface area (Å²) in [5.41, 5.74) is 0.0689. The molecule has 2 N–H and O–H groups in total. The van der Waals surface area contributed by atoms with Crippen molar-refractivity contribution in [2.24, 2.45) is 5.41 Å². The van der Waals surface area contributed by atoms with Crippen LogP contribution in [0.25, 0.3) is 0 Å². The molecule has 1 heterocycles. The summed E-state index contributed by atoms with van der Waals surface area (Å²) in [6.07, 6.45) is 0.765. The summed E-state index contributed by atoms with van der Waals surface area (Å²) in [5, 5.41) is 20.7. The van der Waals surface area contributed by atoms with Crippen LogP contribution in [0.2, 0.25) is 0 Å². The first-order valence-electron chi connectivity index (χ1n) is 5.38. The third-order valence-corrected chi connectivity index (χ3v) is 2.46. The molecule has 4 heteroatoms. The van der Waals surface area contributed by atoms with Crippen molar-refractivity contribution in [1.29, 1.82) is 5.26 Å². The van der Waals surface area contributed by atoms with Gasteiger partial charge in [-0.15, -0.1) is 0 Å². The number of furan rings is 1. The molecule has 1 aromatic rings. The van der Waals surface area contributed by atoms with Crippen molar-refractivity contribution < 1.29 is 9.52 Å². The van der Waals surface area contributed by atoms with Crippen LogP contribution < -0.4 is 5.32 Å². The van der Waals surface area contributed by atoms with Gasteiger partial charge in [0.1, 0.15) is 11.8 Å². The van der Waals surface area contributed by atoms with Gasteiger partial charge in [0.25, 0.3) is 0 Å². The van der Waals surface area contributed by atoms with Crippen LogP contribution in [0.15, 0.2) is 16.5 Å². The zero-order chi connectivity index (χ0) is 12.0. The highest BCUT2D eigenvalue weighted by Gasteiger charge is 2.16. The number of rotatable bonds is 6. The van der Waals surface area contributed by atoms with Crippen molar-refractivity contribution >= 4 is 0 Å². The molecular weight excluding hydrogens is 204 g/mol. The fourth-order valence-electron chi connectivity index (χ4n) is 1.45. The Labute approximate surface area is 95.9 Å². The van der Waals surface area contributed by atoms with Crippen LogP contribution in [0.4, 0.5) is 0 Å². The molecule has 0 bridgehead atoms. The van der Waals surface area contributed by atoms with Crippen molar-refractivity contribution in [2.75, 3.05) is 13.2 Å². The van der Waals surface area contributed by atoms with E-state index in [1.165, 1.54) is 0 Å². The van der Waals surface area contributed by atoms with E-state index in [9.17, 15) is 0 Å². The van der Waals surface area contributed by atoms with Crippen molar-refractivity contribution in [1.82, 2.24) is 5.32 Å². The molecule has 0 saturated heterocycles. The Morgan fingerprint density at radius 2 is 2.25 bits per heavy atom. The van der Waals surface area contributed by atoms with E-state index >= 15 is 0 Å². The van der Waals surface area contributed by atoms with E-state index in [-0.39, 0.29) is 12.0 Å². The molecule has 1 aromatic heterocycles. The van der Waals surface area contributed by atoms with Crippen LogP contribution in [-0.2, 0) is 6.54 Å². The third-order valence-electron chi connectivity index (χ3n) is 2.46. The standard InChI is InChI=1S/C12H18N2O2/c1-12(2,5-6-15)9-14-8-11-4-3-10(7-13)16-11/h3-4,14-15H,5-6,8-9H2,1-2H3. The van der Waals surface area contributed by atoms with E-state index in [2.05, 4.69) is 19.2 Å². The summed E-state index contributed by atoms with van der Waals surface area (Å²) in [4.78, 5) is 0. The summed E-state index contributed by atoms with van der Waals surface area (Å²) < 4.78 is 5.23. The molecule has 0 radical (unpaired) electrons. The lowest BCUT2D eigenvalue weighted by Crippen LogP contribution is -2.29. The second-order valence-electron chi connectivity index (χ2n) is 4.62. The maximum atomic E-state index is 8.87. The highest BCUT2D eigenvalue weighted by molar-refractivity contribution is 5.18. The SMILES string of the molecule is CC(C)(CCO)CNCc1ccc(C#N)o1. The Bertz CT molecular complexity index is 363. The molecule has 0 saturated carbocycles. The van der Waals surface area contributed by atoms with Crippen LogP contribution in [0.1, 0.15) is 31.8 Å². The van der Waals surface area contributed by atoms with Gasteiger partial charge < -0.3 is 14.8 Å². The quantitative estimate of drug-likeness (QED) is 0.768. The first-order valence-corrected chi connectivity index (χ1v) is 5.38. The summed E-state index contributed by atoms with van der Waals surface area (Å²) in [6, 6.07) is 5.41. The molecule has 0 amide bonds. The average Bonchev–Trinajstić information content (AvgIpc) is 2.65. The molecular formula is C12H18N2O2. The molecule has 4 nitrogen and oxygen atoms in total. The van der Waals surface area contributed by atoms with Gasteiger partial charge in [-0.05, 0) is 24.0 Å². The lowest BCUT2D eigenvalue weighted by molar-refractivity contribution is 0.206. The topological polar surface area (TPSA) is 69.2 Å². The van der Waals surface area contributed by atoms with Crippen molar-refractivity contribution in [2.45, 2.75) is 26.8 Å². The zero-order valence-electron chi connectivity index (χ0n) is 9.79. The first-order chi connectivity index (χ1) is 7.57. The van der Waals surface area contributed by atoms with Crippen LogP contribution in [0, 0.1) is 16.7 Å². The Morgan fingerprint density at radius 1 is 1.50 bits per heavy atom. The Hall–Kier alpha value is -1.31. The van der Waals surface area contributed by atoms with Crippen molar-refractivity contribution in [3.8, 4) is 6.07 Å². The lowest BCUT2D eigenvalue weighted by Gasteiger charge is -2.23. The number of aliphatic hydroxyl groups is 1. The molecule has 0 aliphatic heterocycles. The Kier molecular flexibility index (Phi) is 4.53. The highest BCUT2D eigenvalue weighted by Crippen LogP contribution is 2.18. The molecule has 0 aromatic carbocycles. The van der Waals surface area contributed by atoms with E-state index in [1.54, 1.807) is 12.1 Å². The van der Waals surface area contributed by atoms with Crippen LogP contribution in [-0.4, -0.2) is 18.3 Å². The van der Waals surface area contributed by atoms with Crippen LogP contribution in [0.3, 0.4) is 0 Å². The maximum absolute atomic E-state index is 8.87. The molecule has 1 rings (SSSR count). The predicted molar refractivity (Wildman–Crippen MR) is 60.6 cm³/mol. The third kappa shape index (κ3) is 4.05. The van der Waals surface area contributed by atoms with Gasteiger partial charge >= 0.3 is 0 Å². The van der Waals surface area contributed by atoms with Gasteiger partial charge in [-0.3, -0.25) is 0 Å². The largest absolute Gasteiger partial charge is 0.449 e. The lowest BCUT2D eigenvalue weighted by atomic mass is 9.90. The van der Waals surface area contributed by atoms with Gasteiger partial charge in [-0.25, -0.2) is 0 Å². The fourth-order valence-corrected chi connectivity index (χ4v) is 1.45. The maximum Gasteiger partial charge on any atom is 0.203 e. The molecule has 0 aliphatic rings. The second-order valence-corrected chi connectivity index (χ2v) is 4.62.